The van der Waals surface area contributed by atoms with Crippen molar-refractivity contribution in [2.24, 2.45) is 11.7 Å². The second-order valence-electron chi connectivity index (χ2n) is 6.84. The van der Waals surface area contributed by atoms with Crippen LogP contribution in [0.3, 0.4) is 0 Å². The second-order valence-corrected chi connectivity index (χ2v) is 6.84. The molecule has 0 spiro atoms. The molecule has 2 atom stereocenters. The lowest BCUT2D eigenvalue weighted by atomic mass is 9.89. The Morgan fingerprint density at radius 2 is 1.92 bits per heavy atom. The van der Waals surface area contributed by atoms with Crippen LogP contribution in [0.1, 0.15) is 48.0 Å². The summed E-state index contributed by atoms with van der Waals surface area (Å²) in [5.74, 6) is 0.241. The average molecular weight is 352 g/mol. The fraction of sp³-hybridized carbons (Fsp3) is 0.556. The number of hydrogen-bond acceptors (Lipinski definition) is 3. The fourth-order valence-electron chi connectivity index (χ4n) is 3.90. The Bertz CT molecular complexity index is 581. The topological polar surface area (TPSA) is 84.2 Å². The van der Waals surface area contributed by atoms with Gasteiger partial charge in [-0.3, -0.25) is 9.59 Å². The lowest BCUT2D eigenvalue weighted by Crippen LogP contribution is -2.39. The summed E-state index contributed by atoms with van der Waals surface area (Å²) < 4.78 is 0. The summed E-state index contributed by atoms with van der Waals surface area (Å²) in [6.45, 7) is 0.596. The van der Waals surface area contributed by atoms with E-state index in [1.54, 1.807) is 12.1 Å². The normalized spacial score (nSPS) is 24.9. The molecule has 0 aromatic heterocycles. The molecule has 0 aliphatic carbocycles. The van der Waals surface area contributed by atoms with Gasteiger partial charge in [-0.2, -0.15) is 0 Å². The molecule has 2 aliphatic rings. The van der Waals surface area contributed by atoms with Crippen molar-refractivity contribution < 1.29 is 9.59 Å². The molecule has 2 heterocycles. The van der Waals surface area contributed by atoms with Crippen molar-refractivity contribution in [3.63, 3.8) is 0 Å². The van der Waals surface area contributed by atoms with Crippen molar-refractivity contribution in [3.05, 3.63) is 35.4 Å². The van der Waals surface area contributed by atoms with Crippen LogP contribution in [0, 0.1) is 5.92 Å². The number of nitrogens with one attached hydrogen (secondary N) is 2. The van der Waals surface area contributed by atoms with E-state index >= 15 is 0 Å². The minimum Gasteiger partial charge on any atom is -0.366 e. The Labute approximate surface area is 149 Å². The molecule has 0 radical (unpaired) electrons. The molecule has 2 fully saturated rings. The highest BCUT2D eigenvalue weighted by Gasteiger charge is 2.33. The van der Waals surface area contributed by atoms with E-state index in [0.717, 1.165) is 18.4 Å². The SMILES string of the molecule is Cl.NC(=O)c1cccc(CCNC(=O)CC2CC3CCC(C2)N3)c1. The molecule has 6 heteroatoms. The number of rotatable bonds is 6. The number of hydrogen-bond donors (Lipinski definition) is 3. The van der Waals surface area contributed by atoms with Gasteiger partial charge in [0, 0.05) is 30.6 Å². The van der Waals surface area contributed by atoms with Crippen molar-refractivity contribution in [1.82, 2.24) is 10.6 Å². The van der Waals surface area contributed by atoms with Gasteiger partial charge < -0.3 is 16.4 Å². The molecular weight excluding hydrogens is 326 g/mol. The van der Waals surface area contributed by atoms with Gasteiger partial charge >= 0.3 is 0 Å². The maximum Gasteiger partial charge on any atom is 0.248 e. The molecule has 24 heavy (non-hydrogen) atoms. The van der Waals surface area contributed by atoms with Crippen LogP contribution in [0.4, 0.5) is 0 Å². The Balaban J connectivity index is 0.00000208. The number of fused-ring (bicyclic) bond motifs is 2. The van der Waals surface area contributed by atoms with Gasteiger partial charge in [0.05, 0.1) is 0 Å². The van der Waals surface area contributed by atoms with Crippen LogP contribution in [0.15, 0.2) is 24.3 Å². The first-order valence-electron chi connectivity index (χ1n) is 8.51. The summed E-state index contributed by atoms with van der Waals surface area (Å²) in [6.07, 6.45) is 6.13. The van der Waals surface area contributed by atoms with Crippen LogP contribution >= 0.6 is 12.4 Å². The molecule has 2 aliphatic heterocycles. The summed E-state index contributed by atoms with van der Waals surface area (Å²) in [7, 11) is 0. The third-order valence-corrected chi connectivity index (χ3v) is 4.99. The number of halogens is 1. The van der Waals surface area contributed by atoms with Crippen LogP contribution in [-0.4, -0.2) is 30.4 Å². The monoisotopic (exact) mass is 351 g/mol. The highest BCUT2D eigenvalue weighted by atomic mass is 35.5. The van der Waals surface area contributed by atoms with Gasteiger partial charge in [-0.15, -0.1) is 12.4 Å². The summed E-state index contributed by atoms with van der Waals surface area (Å²) in [5.41, 5.74) is 6.81. The number of nitrogens with two attached hydrogens (primary N) is 1. The molecule has 2 amide bonds. The van der Waals surface area contributed by atoms with Gasteiger partial charge in [0.25, 0.3) is 0 Å². The maximum absolute atomic E-state index is 12.1. The number of amides is 2. The van der Waals surface area contributed by atoms with Crippen molar-refractivity contribution >= 4 is 24.2 Å². The van der Waals surface area contributed by atoms with E-state index in [0.29, 0.717) is 43.0 Å². The third-order valence-electron chi connectivity index (χ3n) is 4.99. The standard InChI is InChI=1S/C18H25N3O2.ClH/c19-18(23)14-3-1-2-12(8-14)6-7-20-17(22)11-13-9-15-4-5-16(10-13)21-15;/h1-3,8,13,15-16,21H,4-7,9-11H2,(H2,19,23)(H,20,22);1H. The first-order valence-corrected chi connectivity index (χ1v) is 8.51. The van der Waals surface area contributed by atoms with Gasteiger partial charge in [0.2, 0.25) is 11.8 Å². The minimum absolute atomic E-state index is 0. The van der Waals surface area contributed by atoms with E-state index in [2.05, 4.69) is 10.6 Å². The maximum atomic E-state index is 12.1. The molecule has 132 valence electrons. The zero-order valence-corrected chi connectivity index (χ0v) is 14.6. The van der Waals surface area contributed by atoms with Crippen LogP contribution in [0.25, 0.3) is 0 Å². The van der Waals surface area contributed by atoms with Gasteiger partial charge in [-0.1, -0.05) is 12.1 Å². The molecule has 1 aromatic carbocycles. The Morgan fingerprint density at radius 1 is 1.21 bits per heavy atom. The largest absolute Gasteiger partial charge is 0.366 e. The van der Waals surface area contributed by atoms with Crippen LogP contribution < -0.4 is 16.4 Å². The average Bonchev–Trinajstić information content (AvgIpc) is 2.86. The second kappa shape index (κ2) is 8.49. The highest BCUT2D eigenvalue weighted by molar-refractivity contribution is 5.92. The van der Waals surface area contributed by atoms with Crippen molar-refractivity contribution in [3.8, 4) is 0 Å². The van der Waals surface area contributed by atoms with Crippen LogP contribution in [-0.2, 0) is 11.2 Å². The van der Waals surface area contributed by atoms with Gasteiger partial charge in [0.15, 0.2) is 0 Å². The number of primary amides is 1. The lowest BCUT2D eigenvalue weighted by molar-refractivity contribution is -0.122. The Morgan fingerprint density at radius 3 is 2.58 bits per heavy atom. The van der Waals surface area contributed by atoms with E-state index in [1.165, 1.54) is 12.8 Å². The predicted octanol–water partition coefficient (Wildman–Crippen LogP) is 1.79. The van der Waals surface area contributed by atoms with Gasteiger partial charge in [-0.05, 0) is 55.7 Å². The van der Waals surface area contributed by atoms with Crippen molar-refractivity contribution in [2.45, 2.75) is 50.6 Å². The summed E-state index contributed by atoms with van der Waals surface area (Å²) >= 11 is 0. The summed E-state index contributed by atoms with van der Waals surface area (Å²) in [4.78, 5) is 23.3. The Kier molecular flexibility index (Phi) is 6.63. The molecule has 4 N–H and O–H groups in total. The molecule has 2 unspecified atom stereocenters. The number of carbonyl (C=O) groups excluding carboxylic acids is 2. The molecule has 1 aromatic rings. The van der Waals surface area contributed by atoms with E-state index in [-0.39, 0.29) is 18.3 Å². The number of carbonyl (C=O) groups is 2. The quantitative estimate of drug-likeness (QED) is 0.730. The zero-order chi connectivity index (χ0) is 16.2. The molecule has 2 saturated heterocycles. The predicted molar refractivity (Wildman–Crippen MR) is 96.2 cm³/mol. The smallest absolute Gasteiger partial charge is 0.248 e. The molecule has 5 nitrogen and oxygen atoms in total. The van der Waals surface area contributed by atoms with E-state index in [1.807, 2.05) is 12.1 Å². The molecule has 2 bridgehead atoms. The van der Waals surface area contributed by atoms with Crippen LogP contribution in [0.2, 0.25) is 0 Å². The lowest BCUT2D eigenvalue weighted by Gasteiger charge is -2.28. The van der Waals surface area contributed by atoms with E-state index in [9.17, 15) is 9.59 Å². The van der Waals surface area contributed by atoms with Gasteiger partial charge in [-0.25, -0.2) is 0 Å². The molecular formula is C18H26ClN3O2. The highest BCUT2D eigenvalue weighted by Crippen LogP contribution is 2.32. The van der Waals surface area contributed by atoms with E-state index < -0.39 is 5.91 Å². The molecule has 3 rings (SSSR count). The van der Waals surface area contributed by atoms with Gasteiger partial charge in [0.1, 0.15) is 0 Å². The first-order chi connectivity index (χ1) is 11.1. The van der Waals surface area contributed by atoms with Crippen molar-refractivity contribution in [1.29, 1.82) is 0 Å². The van der Waals surface area contributed by atoms with Crippen molar-refractivity contribution in [2.75, 3.05) is 6.54 Å². The molecule has 0 saturated carbocycles. The number of benzene rings is 1. The summed E-state index contributed by atoms with van der Waals surface area (Å²) in [5, 5.41) is 6.60. The summed E-state index contributed by atoms with van der Waals surface area (Å²) in [6, 6.07) is 8.52. The van der Waals surface area contributed by atoms with E-state index in [4.69, 9.17) is 5.73 Å². The minimum atomic E-state index is -0.420. The van der Waals surface area contributed by atoms with Crippen LogP contribution in [0.5, 0.6) is 0 Å². The third kappa shape index (κ3) is 4.95. The number of piperidine rings is 1. The Hall–Kier alpha value is -1.59. The fourth-order valence-corrected chi connectivity index (χ4v) is 3.90. The zero-order valence-electron chi connectivity index (χ0n) is 13.8. The first kappa shape index (κ1) is 18.7.